The van der Waals surface area contributed by atoms with Gasteiger partial charge in [-0.25, -0.2) is 0 Å². The molecule has 0 aromatic heterocycles. The van der Waals surface area contributed by atoms with Crippen LogP contribution in [0.1, 0.15) is 6.92 Å². The van der Waals surface area contributed by atoms with Crippen LogP contribution in [-0.4, -0.2) is 29.6 Å². The molecule has 0 saturated carbocycles. The van der Waals surface area contributed by atoms with Gasteiger partial charge >= 0.3 is 10.1 Å². The first-order valence-electron chi connectivity index (χ1n) is 5.98. The van der Waals surface area contributed by atoms with Crippen molar-refractivity contribution in [2.24, 2.45) is 5.16 Å². The first-order valence-corrected chi connectivity index (χ1v) is 8.58. The quantitative estimate of drug-likeness (QED) is 0.595. The fourth-order valence-corrected chi connectivity index (χ4v) is 3.09. The molecular formula is C13H10Cl3NO4S. The minimum Gasteiger partial charge on any atom is -0.291 e. The number of oxime groups is 1. The van der Waals surface area contributed by atoms with E-state index in [1.54, 1.807) is 18.2 Å². The van der Waals surface area contributed by atoms with Crippen molar-refractivity contribution in [1.82, 2.24) is 0 Å². The first kappa shape index (κ1) is 17.3. The minimum absolute atomic E-state index is 0.0224. The van der Waals surface area contributed by atoms with Gasteiger partial charge in [0.25, 0.3) is 0 Å². The van der Waals surface area contributed by atoms with Crippen LogP contribution in [0.25, 0.3) is 0 Å². The maximum absolute atomic E-state index is 12.0. The Morgan fingerprint density at radius 3 is 2.41 bits per heavy atom. The van der Waals surface area contributed by atoms with Gasteiger partial charge in [0, 0.05) is 0 Å². The van der Waals surface area contributed by atoms with Crippen LogP contribution in [0.5, 0.6) is 0 Å². The van der Waals surface area contributed by atoms with Gasteiger partial charge in [0.1, 0.15) is 16.0 Å². The molecule has 0 heterocycles. The highest BCUT2D eigenvalue weighted by atomic mass is 35.5. The maximum atomic E-state index is 12.0. The second-order valence-electron chi connectivity index (χ2n) is 4.50. The zero-order valence-corrected chi connectivity index (χ0v) is 14.2. The van der Waals surface area contributed by atoms with Crippen LogP contribution < -0.4 is 0 Å². The molecule has 1 aromatic carbocycles. The molecule has 1 aromatic rings. The topological polar surface area (TPSA) is 72.8 Å². The van der Waals surface area contributed by atoms with E-state index in [0.717, 1.165) is 6.08 Å². The van der Waals surface area contributed by atoms with Gasteiger partial charge in [0.15, 0.2) is 5.78 Å². The number of rotatable bonds is 3. The number of alkyl halides is 3. The van der Waals surface area contributed by atoms with Crippen LogP contribution in [0, 0.1) is 0 Å². The van der Waals surface area contributed by atoms with Gasteiger partial charge in [0.2, 0.25) is 4.33 Å². The molecule has 0 aliphatic heterocycles. The fourth-order valence-electron chi connectivity index (χ4n) is 1.70. The molecule has 22 heavy (non-hydrogen) atoms. The van der Waals surface area contributed by atoms with E-state index in [1.807, 2.05) is 0 Å². The Hall–Kier alpha value is -1.08. The highest BCUT2D eigenvalue weighted by Crippen LogP contribution is 2.37. The van der Waals surface area contributed by atoms with Crippen LogP contribution in [-0.2, 0) is 19.2 Å². The average Bonchev–Trinajstić information content (AvgIpc) is 2.46. The monoisotopic (exact) mass is 381 g/mol. The van der Waals surface area contributed by atoms with Crippen molar-refractivity contribution in [1.29, 1.82) is 0 Å². The maximum Gasteiger partial charge on any atom is 0.358 e. The lowest BCUT2D eigenvalue weighted by Gasteiger charge is -2.27. The van der Waals surface area contributed by atoms with Crippen molar-refractivity contribution < 1.29 is 17.5 Å². The lowest BCUT2D eigenvalue weighted by Crippen LogP contribution is -2.44. The Morgan fingerprint density at radius 1 is 1.23 bits per heavy atom. The standard InChI is InChI=1S/C13H10Cl3NO4S/c1-8-7-10(18)13(15,16)12(14)11(8)17-21-22(19,20)9-5-3-2-4-6-9/h2-7,12H,1H3/b17-11-. The summed E-state index contributed by atoms with van der Waals surface area (Å²) in [6.07, 6.45) is 1.14. The summed E-state index contributed by atoms with van der Waals surface area (Å²) in [5, 5.41) is 2.29. The van der Waals surface area contributed by atoms with Crippen LogP contribution in [0.2, 0.25) is 0 Å². The molecule has 1 atom stereocenters. The molecule has 9 heteroatoms. The molecule has 2 rings (SSSR count). The van der Waals surface area contributed by atoms with Crippen molar-refractivity contribution in [3.8, 4) is 0 Å². The number of hydrogen-bond acceptors (Lipinski definition) is 5. The summed E-state index contributed by atoms with van der Waals surface area (Å²) in [5.74, 6) is -0.599. The third kappa shape index (κ3) is 3.30. The van der Waals surface area contributed by atoms with E-state index in [1.165, 1.54) is 19.1 Å². The molecule has 0 spiro atoms. The molecule has 0 N–H and O–H groups in total. The van der Waals surface area contributed by atoms with E-state index in [0.29, 0.717) is 5.57 Å². The zero-order chi connectivity index (χ0) is 16.5. The number of nitrogens with zero attached hydrogens (tertiary/aromatic N) is 1. The normalized spacial score (nSPS) is 23.3. The molecule has 1 unspecified atom stereocenters. The van der Waals surface area contributed by atoms with Crippen molar-refractivity contribution in [3.63, 3.8) is 0 Å². The van der Waals surface area contributed by atoms with E-state index >= 15 is 0 Å². The second-order valence-corrected chi connectivity index (χ2v) is 7.85. The Bertz CT molecular complexity index is 757. The van der Waals surface area contributed by atoms with Gasteiger partial charge in [-0.1, -0.05) is 46.6 Å². The molecule has 5 nitrogen and oxygen atoms in total. The number of halogens is 3. The van der Waals surface area contributed by atoms with Crippen LogP contribution in [0.3, 0.4) is 0 Å². The Morgan fingerprint density at radius 2 is 1.82 bits per heavy atom. The van der Waals surface area contributed by atoms with E-state index < -0.39 is 25.6 Å². The van der Waals surface area contributed by atoms with Crippen LogP contribution in [0.4, 0.5) is 0 Å². The summed E-state index contributed by atoms with van der Waals surface area (Å²) in [6, 6.07) is 7.46. The lowest BCUT2D eigenvalue weighted by molar-refractivity contribution is -0.115. The van der Waals surface area contributed by atoms with Gasteiger partial charge in [-0.2, -0.15) is 8.42 Å². The van der Waals surface area contributed by atoms with Crippen molar-refractivity contribution in [2.75, 3.05) is 0 Å². The molecule has 1 aliphatic rings. The summed E-state index contributed by atoms with van der Waals surface area (Å²) in [7, 11) is -4.10. The molecule has 118 valence electrons. The summed E-state index contributed by atoms with van der Waals surface area (Å²) >= 11 is 17.7. The van der Waals surface area contributed by atoms with Crippen LogP contribution >= 0.6 is 34.8 Å². The zero-order valence-electron chi connectivity index (χ0n) is 11.2. The SMILES string of the molecule is CC1=CC(=O)C(Cl)(Cl)C(Cl)/C1=N\OS(=O)(=O)c1ccccc1. The van der Waals surface area contributed by atoms with E-state index in [4.69, 9.17) is 34.8 Å². The summed E-state index contributed by atoms with van der Waals surface area (Å²) in [6.45, 7) is 1.52. The van der Waals surface area contributed by atoms with Gasteiger partial charge in [-0.15, -0.1) is 11.6 Å². The number of hydrogen-bond donors (Lipinski definition) is 0. The number of benzene rings is 1. The summed E-state index contributed by atoms with van der Waals surface area (Å²) < 4.78 is 26.7. The number of carbonyl (C=O) groups is 1. The number of carbonyl (C=O) groups excluding carboxylic acids is 1. The first-order chi connectivity index (χ1) is 10.2. The highest BCUT2D eigenvalue weighted by Gasteiger charge is 2.47. The molecule has 0 radical (unpaired) electrons. The van der Waals surface area contributed by atoms with E-state index in [-0.39, 0.29) is 10.6 Å². The summed E-state index contributed by atoms with van der Waals surface area (Å²) in [4.78, 5) is 11.6. The van der Waals surface area contributed by atoms with Gasteiger partial charge in [0.05, 0.1) is 0 Å². The molecular weight excluding hydrogens is 373 g/mol. The Labute approximate surface area is 142 Å². The third-order valence-corrected chi connectivity index (χ3v) is 5.59. The fraction of sp³-hybridized carbons (Fsp3) is 0.231. The molecule has 1 aliphatic carbocycles. The smallest absolute Gasteiger partial charge is 0.291 e. The highest BCUT2D eigenvalue weighted by molar-refractivity contribution is 7.86. The van der Waals surface area contributed by atoms with Gasteiger partial charge in [-0.3, -0.25) is 9.08 Å². The van der Waals surface area contributed by atoms with E-state index in [2.05, 4.69) is 9.44 Å². The number of ketones is 1. The van der Waals surface area contributed by atoms with E-state index in [9.17, 15) is 13.2 Å². The molecule has 0 saturated heterocycles. The number of allylic oxidation sites excluding steroid dienone is 2. The molecule has 0 bridgehead atoms. The minimum atomic E-state index is -4.10. The van der Waals surface area contributed by atoms with Gasteiger partial charge < -0.3 is 0 Å². The third-order valence-electron chi connectivity index (χ3n) is 2.90. The average molecular weight is 383 g/mol. The predicted molar refractivity (Wildman–Crippen MR) is 85.0 cm³/mol. The molecule has 0 fully saturated rings. The summed E-state index contributed by atoms with van der Waals surface area (Å²) in [5.41, 5.74) is 0.302. The largest absolute Gasteiger partial charge is 0.358 e. The van der Waals surface area contributed by atoms with Gasteiger partial charge in [-0.05, 0) is 30.7 Å². The Kier molecular flexibility index (Phi) is 4.87. The second kappa shape index (κ2) is 6.20. The predicted octanol–water partition coefficient (Wildman–Crippen LogP) is 3.06. The van der Waals surface area contributed by atoms with Crippen LogP contribution in [0.15, 0.2) is 52.0 Å². The van der Waals surface area contributed by atoms with Crippen molar-refractivity contribution in [2.45, 2.75) is 21.5 Å². The lowest BCUT2D eigenvalue weighted by atomic mass is 9.96. The Balaban J connectivity index is 2.34. The van der Waals surface area contributed by atoms with Crippen molar-refractivity contribution in [3.05, 3.63) is 42.0 Å². The molecule has 0 amide bonds. The van der Waals surface area contributed by atoms with Crippen molar-refractivity contribution >= 4 is 56.4 Å².